The smallest absolute Gasteiger partial charge is 0.335 e. The molecule has 0 aliphatic heterocycles. The van der Waals surface area contributed by atoms with Crippen LogP contribution in [-0.4, -0.2) is 53.9 Å². The Balaban J connectivity index is 1.25. The Morgan fingerprint density at radius 2 is 1.51 bits per heavy atom. The SMILES string of the molecule is O=C(O)c1ccc(OCCCc2ccc(OCCOc3ccccc3)cc2)c(C(=O)NC2CCCC(C(=O)O)C2)c1. The summed E-state index contributed by atoms with van der Waals surface area (Å²) in [5.74, 6) is -1.13. The molecule has 1 aliphatic rings. The standard InChI is InChI=1S/C32H35NO8/c34-30(33-25-8-4-7-23(20-25)31(35)36)28-21-24(32(37)38)13-16-29(28)41-17-5-6-22-11-14-27(15-12-22)40-19-18-39-26-9-2-1-3-10-26/h1-3,9-16,21,23,25H,4-8,17-20H2,(H,33,34)(H,35,36)(H,37,38). The van der Waals surface area contributed by atoms with Crippen LogP contribution in [0.25, 0.3) is 0 Å². The first-order chi connectivity index (χ1) is 19.9. The average Bonchev–Trinajstić information content (AvgIpc) is 2.98. The molecule has 2 unspecified atom stereocenters. The molecule has 216 valence electrons. The number of para-hydroxylation sites is 1. The second-order valence-corrected chi connectivity index (χ2v) is 9.99. The summed E-state index contributed by atoms with van der Waals surface area (Å²) in [5, 5.41) is 21.6. The molecule has 0 heterocycles. The third-order valence-electron chi connectivity index (χ3n) is 6.98. The maximum absolute atomic E-state index is 13.1. The van der Waals surface area contributed by atoms with Gasteiger partial charge in [0.25, 0.3) is 5.91 Å². The lowest BCUT2D eigenvalue weighted by Gasteiger charge is -2.27. The summed E-state index contributed by atoms with van der Waals surface area (Å²) in [5.41, 5.74) is 1.20. The van der Waals surface area contributed by atoms with Gasteiger partial charge in [0.2, 0.25) is 0 Å². The third kappa shape index (κ3) is 8.99. The van der Waals surface area contributed by atoms with E-state index >= 15 is 0 Å². The second kappa shape index (κ2) is 14.7. The van der Waals surface area contributed by atoms with E-state index in [4.69, 9.17) is 14.2 Å². The Morgan fingerprint density at radius 1 is 0.805 bits per heavy atom. The van der Waals surface area contributed by atoms with Gasteiger partial charge in [-0.25, -0.2) is 4.79 Å². The maximum Gasteiger partial charge on any atom is 0.335 e. The quantitative estimate of drug-likeness (QED) is 0.228. The molecule has 0 bridgehead atoms. The molecule has 1 fully saturated rings. The number of hydrogen-bond donors (Lipinski definition) is 3. The first-order valence-electron chi connectivity index (χ1n) is 13.8. The molecule has 2 atom stereocenters. The molecule has 3 aromatic rings. The molecule has 0 aromatic heterocycles. The van der Waals surface area contributed by atoms with E-state index in [1.807, 2.05) is 54.6 Å². The molecular weight excluding hydrogens is 526 g/mol. The molecule has 3 N–H and O–H groups in total. The van der Waals surface area contributed by atoms with Crippen molar-refractivity contribution >= 4 is 17.8 Å². The first kappa shape index (κ1) is 29.5. The number of carbonyl (C=O) groups excluding carboxylic acids is 1. The van der Waals surface area contributed by atoms with Crippen molar-refractivity contribution in [2.24, 2.45) is 5.92 Å². The average molecular weight is 562 g/mol. The Kier molecular flexibility index (Phi) is 10.6. The zero-order valence-corrected chi connectivity index (χ0v) is 22.8. The highest BCUT2D eigenvalue weighted by Gasteiger charge is 2.29. The van der Waals surface area contributed by atoms with Gasteiger partial charge < -0.3 is 29.7 Å². The summed E-state index contributed by atoms with van der Waals surface area (Å²) in [7, 11) is 0. The Labute approximate surface area is 239 Å². The summed E-state index contributed by atoms with van der Waals surface area (Å²) in [6.45, 7) is 1.20. The zero-order chi connectivity index (χ0) is 29.0. The summed E-state index contributed by atoms with van der Waals surface area (Å²) < 4.78 is 17.3. The van der Waals surface area contributed by atoms with Gasteiger partial charge in [-0.1, -0.05) is 36.8 Å². The van der Waals surface area contributed by atoms with Gasteiger partial charge >= 0.3 is 11.9 Å². The number of nitrogens with one attached hydrogen (secondary N) is 1. The van der Waals surface area contributed by atoms with E-state index in [1.165, 1.54) is 18.2 Å². The van der Waals surface area contributed by atoms with Crippen molar-refractivity contribution < 1.29 is 38.8 Å². The van der Waals surface area contributed by atoms with Crippen molar-refractivity contribution in [1.29, 1.82) is 0 Å². The molecule has 3 aromatic carbocycles. The molecule has 9 heteroatoms. The molecule has 1 aliphatic carbocycles. The number of carboxylic acid groups (broad SMARTS) is 2. The first-order valence-corrected chi connectivity index (χ1v) is 13.8. The lowest BCUT2D eigenvalue weighted by molar-refractivity contribution is -0.143. The molecule has 0 spiro atoms. The number of carbonyl (C=O) groups is 3. The van der Waals surface area contributed by atoms with Crippen molar-refractivity contribution in [3.05, 3.63) is 89.5 Å². The number of amides is 1. The van der Waals surface area contributed by atoms with Crippen molar-refractivity contribution in [2.45, 2.75) is 44.6 Å². The highest BCUT2D eigenvalue weighted by molar-refractivity contribution is 6.00. The van der Waals surface area contributed by atoms with Gasteiger partial charge in [-0.2, -0.15) is 0 Å². The van der Waals surface area contributed by atoms with Crippen LogP contribution in [0.15, 0.2) is 72.8 Å². The van der Waals surface area contributed by atoms with Crippen molar-refractivity contribution in [1.82, 2.24) is 5.32 Å². The number of hydrogen-bond acceptors (Lipinski definition) is 6. The maximum atomic E-state index is 13.1. The molecule has 1 amide bonds. The molecule has 9 nitrogen and oxygen atoms in total. The molecular formula is C32H35NO8. The Morgan fingerprint density at radius 3 is 2.20 bits per heavy atom. The third-order valence-corrected chi connectivity index (χ3v) is 6.98. The van der Waals surface area contributed by atoms with E-state index in [0.717, 1.165) is 23.5 Å². The predicted molar refractivity (Wildman–Crippen MR) is 152 cm³/mol. The van der Waals surface area contributed by atoms with E-state index in [0.29, 0.717) is 57.7 Å². The van der Waals surface area contributed by atoms with Crippen LogP contribution >= 0.6 is 0 Å². The molecule has 4 rings (SSSR count). The van der Waals surface area contributed by atoms with Crippen LogP contribution in [0, 0.1) is 5.92 Å². The van der Waals surface area contributed by atoms with Gasteiger partial charge in [-0.05, 0) is 80.1 Å². The fourth-order valence-corrected chi connectivity index (χ4v) is 4.82. The van der Waals surface area contributed by atoms with E-state index in [2.05, 4.69) is 5.32 Å². The minimum Gasteiger partial charge on any atom is -0.493 e. The topological polar surface area (TPSA) is 131 Å². The molecule has 0 saturated heterocycles. The highest BCUT2D eigenvalue weighted by atomic mass is 16.5. The van der Waals surface area contributed by atoms with Gasteiger partial charge in [0.1, 0.15) is 30.5 Å². The van der Waals surface area contributed by atoms with E-state index in [1.54, 1.807) is 0 Å². The summed E-state index contributed by atoms with van der Waals surface area (Å²) >= 11 is 0. The largest absolute Gasteiger partial charge is 0.493 e. The van der Waals surface area contributed by atoms with Gasteiger partial charge in [-0.15, -0.1) is 0 Å². The fraction of sp³-hybridized carbons (Fsp3) is 0.344. The van der Waals surface area contributed by atoms with Gasteiger partial charge in [0.15, 0.2) is 0 Å². The van der Waals surface area contributed by atoms with Crippen LogP contribution in [-0.2, 0) is 11.2 Å². The Bertz CT molecular complexity index is 1310. The van der Waals surface area contributed by atoms with Gasteiger partial charge in [0.05, 0.1) is 23.7 Å². The van der Waals surface area contributed by atoms with Crippen LogP contribution in [0.5, 0.6) is 17.2 Å². The van der Waals surface area contributed by atoms with Gasteiger partial charge in [0, 0.05) is 6.04 Å². The fourth-order valence-electron chi connectivity index (χ4n) is 4.82. The van der Waals surface area contributed by atoms with Crippen LogP contribution in [0.2, 0.25) is 0 Å². The van der Waals surface area contributed by atoms with E-state index in [-0.39, 0.29) is 17.2 Å². The number of ether oxygens (including phenoxy) is 3. The number of aromatic carboxylic acids is 1. The minimum absolute atomic E-state index is 0.0245. The van der Waals surface area contributed by atoms with E-state index < -0.39 is 23.8 Å². The summed E-state index contributed by atoms with van der Waals surface area (Å²) in [6, 6.07) is 21.3. The van der Waals surface area contributed by atoms with Crippen molar-refractivity contribution in [3.63, 3.8) is 0 Å². The Hall–Kier alpha value is -4.53. The number of aryl methyl sites for hydroxylation is 1. The normalized spacial score (nSPS) is 16.4. The van der Waals surface area contributed by atoms with Crippen molar-refractivity contribution in [3.8, 4) is 17.2 Å². The summed E-state index contributed by atoms with van der Waals surface area (Å²) in [6.07, 6.45) is 3.73. The number of carboxylic acids is 2. The van der Waals surface area contributed by atoms with Crippen LogP contribution in [0.1, 0.15) is 58.4 Å². The van der Waals surface area contributed by atoms with E-state index in [9.17, 15) is 24.6 Å². The monoisotopic (exact) mass is 561 g/mol. The number of benzene rings is 3. The predicted octanol–water partition coefficient (Wildman–Crippen LogP) is 5.23. The van der Waals surface area contributed by atoms with Crippen LogP contribution in [0.3, 0.4) is 0 Å². The number of rotatable bonds is 14. The van der Waals surface area contributed by atoms with Crippen LogP contribution < -0.4 is 19.5 Å². The lowest BCUT2D eigenvalue weighted by Crippen LogP contribution is -2.40. The number of aliphatic carboxylic acids is 1. The molecule has 41 heavy (non-hydrogen) atoms. The lowest BCUT2D eigenvalue weighted by atomic mass is 9.85. The van der Waals surface area contributed by atoms with Gasteiger partial charge in [-0.3, -0.25) is 9.59 Å². The minimum atomic E-state index is -1.15. The summed E-state index contributed by atoms with van der Waals surface area (Å²) in [4.78, 5) is 36.0. The molecule has 1 saturated carbocycles. The second-order valence-electron chi connectivity index (χ2n) is 9.99. The molecule has 0 radical (unpaired) electrons. The van der Waals surface area contributed by atoms with Crippen LogP contribution in [0.4, 0.5) is 0 Å². The highest BCUT2D eigenvalue weighted by Crippen LogP contribution is 2.26. The zero-order valence-electron chi connectivity index (χ0n) is 22.8. The van der Waals surface area contributed by atoms with Crippen molar-refractivity contribution in [2.75, 3.05) is 19.8 Å².